The Morgan fingerprint density at radius 3 is 2.95 bits per heavy atom. The van der Waals surface area contributed by atoms with Crippen LogP contribution in [0.25, 0.3) is 11.4 Å². The number of aryl methyl sites for hydroxylation is 1. The zero-order chi connectivity index (χ0) is 13.7. The molecule has 0 aliphatic rings. The lowest BCUT2D eigenvalue weighted by atomic mass is 10.1. The van der Waals surface area contributed by atoms with E-state index in [0.717, 1.165) is 30.1 Å². The van der Waals surface area contributed by atoms with Crippen LogP contribution < -0.4 is 5.32 Å². The lowest BCUT2D eigenvalue weighted by molar-refractivity contribution is 0.191. The fourth-order valence-electron chi connectivity index (χ4n) is 1.94. The highest BCUT2D eigenvalue weighted by Crippen LogP contribution is 2.20. The lowest BCUT2D eigenvalue weighted by Crippen LogP contribution is -2.17. The molecule has 102 valence electrons. The van der Waals surface area contributed by atoms with Crippen LogP contribution in [-0.4, -0.2) is 34.5 Å². The number of nitrogens with zero attached hydrogens (tertiary/aromatic N) is 3. The molecule has 2 rings (SSSR count). The maximum Gasteiger partial charge on any atom is 0.163 e. The summed E-state index contributed by atoms with van der Waals surface area (Å²) >= 11 is 0. The van der Waals surface area contributed by atoms with Gasteiger partial charge in [-0.15, -0.1) is 10.2 Å². The molecule has 0 aliphatic heterocycles. The minimum absolute atomic E-state index is 0.370. The molecule has 0 bridgehead atoms. The third-order valence-corrected chi connectivity index (χ3v) is 3.00. The fourth-order valence-corrected chi connectivity index (χ4v) is 1.94. The molecule has 0 saturated heterocycles. The number of ether oxygens (including phenoxy) is 1. The largest absolute Gasteiger partial charge is 0.385 e. The van der Waals surface area contributed by atoms with Crippen LogP contribution in [0.15, 0.2) is 30.6 Å². The molecule has 1 aromatic carbocycles. The Bertz CT molecular complexity index is 524. The first-order chi connectivity index (χ1) is 9.20. The highest BCUT2D eigenvalue weighted by Gasteiger charge is 2.06. The Labute approximate surface area is 113 Å². The van der Waals surface area contributed by atoms with Gasteiger partial charge in [-0.25, -0.2) is 0 Å². The van der Waals surface area contributed by atoms with Crippen LogP contribution in [0, 0.1) is 0 Å². The summed E-state index contributed by atoms with van der Waals surface area (Å²) in [5, 5.41) is 11.5. The van der Waals surface area contributed by atoms with E-state index >= 15 is 0 Å². The molecule has 5 heteroatoms. The zero-order valence-electron chi connectivity index (χ0n) is 11.6. The van der Waals surface area contributed by atoms with Crippen molar-refractivity contribution < 1.29 is 4.74 Å². The second-order valence-electron chi connectivity index (χ2n) is 4.67. The Balaban J connectivity index is 2.09. The third kappa shape index (κ3) is 3.54. The van der Waals surface area contributed by atoms with Crippen LogP contribution in [0.1, 0.15) is 13.3 Å². The molecule has 1 unspecified atom stereocenters. The summed E-state index contributed by atoms with van der Waals surface area (Å²) in [7, 11) is 3.66. The van der Waals surface area contributed by atoms with Gasteiger partial charge in [0.1, 0.15) is 6.33 Å². The van der Waals surface area contributed by atoms with Gasteiger partial charge in [-0.2, -0.15) is 0 Å². The van der Waals surface area contributed by atoms with Crippen molar-refractivity contribution >= 4 is 5.69 Å². The highest BCUT2D eigenvalue weighted by atomic mass is 16.5. The van der Waals surface area contributed by atoms with E-state index in [9.17, 15) is 0 Å². The van der Waals surface area contributed by atoms with Crippen molar-refractivity contribution in [1.82, 2.24) is 14.8 Å². The van der Waals surface area contributed by atoms with Gasteiger partial charge in [0.15, 0.2) is 5.82 Å². The van der Waals surface area contributed by atoms with E-state index in [0.29, 0.717) is 6.04 Å². The van der Waals surface area contributed by atoms with Crippen molar-refractivity contribution in [2.24, 2.45) is 7.05 Å². The quantitative estimate of drug-likeness (QED) is 0.866. The second-order valence-corrected chi connectivity index (χ2v) is 4.67. The Hall–Kier alpha value is -1.88. The summed E-state index contributed by atoms with van der Waals surface area (Å²) in [5.41, 5.74) is 2.15. The number of rotatable bonds is 6. The minimum Gasteiger partial charge on any atom is -0.385 e. The molecular weight excluding hydrogens is 240 g/mol. The average molecular weight is 260 g/mol. The molecule has 0 radical (unpaired) electrons. The first kappa shape index (κ1) is 13.5. The Kier molecular flexibility index (Phi) is 4.52. The molecule has 0 amide bonds. The molecular formula is C14H20N4O. The first-order valence-electron chi connectivity index (χ1n) is 6.40. The smallest absolute Gasteiger partial charge is 0.163 e. The summed E-state index contributed by atoms with van der Waals surface area (Å²) in [6, 6.07) is 8.58. The molecule has 0 fully saturated rings. The summed E-state index contributed by atoms with van der Waals surface area (Å²) in [6.45, 7) is 2.91. The minimum atomic E-state index is 0.370. The van der Waals surface area contributed by atoms with Crippen LogP contribution in [-0.2, 0) is 11.8 Å². The van der Waals surface area contributed by atoms with Crippen molar-refractivity contribution in [3.05, 3.63) is 30.6 Å². The molecule has 5 nitrogen and oxygen atoms in total. The summed E-state index contributed by atoms with van der Waals surface area (Å²) in [5.74, 6) is 0.869. The lowest BCUT2D eigenvalue weighted by Gasteiger charge is -2.15. The molecule has 1 aromatic heterocycles. The molecule has 1 N–H and O–H groups in total. The number of nitrogens with one attached hydrogen (secondary N) is 1. The number of aromatic nitrogens is 3. The summed E-state index contributed by atoms with van der Waals surface area (Å²) in [4.78, 5) is 0. The van der Waals surface area contributed by atoms with E-state index in [1.54, 1.807) is 13.4 Å². The van der Waals surface area contributed by atoms with Crippen LogP contribution in [0.3, 0.4) is 0 Å². The maximum atomic E-state index is 5.09. The highest BCUT2D eigenvalue weighted by molar-refractivity contribution is 5.62. The van der Waals surface area contributed by atoms with Crippen molar-refractivity contribution in [3.63, 3.8) is 0 Å². The van der Waals surface area contributed by atoms with Gasteiger partial charge in [-0.3, -0.25) is 0 Å². The third-order valence-electron chi connectivity index (χ3n) is 3.00. The normalized spacial score (nSPS) is 12.4. The van der Waals surface area contributed by atoms with E-state index in [1.807, 2.05) is 23.7 Å². The first-order valence-corrected chi connectivity index (χ1v) is 6.40. The molecule has 0 spiro atoms. The van der Waals surface area contributed by atoms with Gasteiger partial charge < -0.3 is 14.6 Å². The predicted octanol–water partition coefficient (Wildman–Crippen LogP) is 2.32. The van der Waals surface area contributed by atoms with Gasteiger partial charge in [-0.05, 0) is 25.5 Å². The van der Waals surface area contributed by atoms with Gasteiger partial charge in [-0.1, -0.05) is 12.1 Å². The van der Waals surface area contributed by atoms with Gasteiger partial charge in [0.2, 0.25) is 0 Å². The molecule has 19 heavy (non-hydrogen) atoms. The van der Waals surface area contributed by atoms with Crippen molar-refractivity contribution in [3.8, 4) is 11.4 Å². The number of hydrogen-bond donors (Lipinski definition) is 1. The van der Waals surface area contributed by atoms with E-state index in [-0.39, 0.29) is 0 Å². The topological polar surface area (TPSA) is 52.0 Å². The SMILES string of the molecule is COCCC(C)Nc1cccc(-c2nncn2C)c1. The zero-order valence-corrected chi connectivity index (χ0v) is 11.6. The standard InChI is InChI=1S/C14H20N4O/c1-11(7-8-19-3)16-13-6-4-5-12(9-13)14-17-15-10-18(14)2/h4-6,9-11,16H,7-8H2,1-3H3. The van der Waals surface area contributed by atoms with E-state index < -0.39 is 0 Å². The molecule has 0 saturated carbocycles. The molecule has 0 aliphatic carbocycles. The van der Waals surface area contributed by atoms with E-state index in [2.05, 4.69) is 34.6 Å². The fraction of sp³-hybridized carbons (Fsp3) is 0.429. The van der Waals surface area contributed by atoms with Gasteiger partial charge >= 0.3 is 0 Å². The van der Waals surface area contributed by atoms with Crippen LogP contribution in [0.5, 0.6) is 0 Å². The van der Waals surface area contributed by atoms with E-state index in [1.165, 1.54) is 0 Å². The number of anilines is 1. The van der Waals surface area contributed by atoms with Crippen molar-refractivity contribution in [2.75, 3.05) is 19.0 Å². The number of methoxy groups -OCH3 is 1. The second kappa shape index (κ2) is 6.33. The Morgan fingerprint density at radius 2 is 2.26 bits per heavy atom. The Morgan fingerprint density at radius 1 is 1.42 bits per heavy atom. The van der Waals surface area contributed by atoms with E-state index in [4.69, 9.17) is 4.74 Å². The predicted molar refractivity (Wildman–Crippen MR) is 76.0 cm³/mol. The van der Waals surface area contributed by atoms with Crippen LogP contribution in [0.4, 0.5) is 5.69 Å². The maximum absolute atomic E-state index is 5.09. The molecule has 1 atom stereocenters. The van der Waals surface area contributed by atoms with Crippen LogP contribution >= 0.6 is 0 Å². The summed E-state index contributed by atoms with van der Waals surface area (Å²) in [6.07, 6.45) is 2.68. The van der Waals surface area contributed by atoms with Gasteiger partial charge in [0.25, 0.3) is 0 Å². The number of benzene rings is 1. The van der Waals surface area contributed by atoms with Crippen molar-refractivity contribution in [1.29, 1.82) is 0 Å². The van der Waals surface area contributed by atoms with Gasteiger partial charge in [0.05, 0.1) is 0 Å². The summed E-state index contributed by atoms with van der Waals surface area (Å²) < 4.78 is 7.00. The average Bonchev–Trinajstić information content (AvgIpc) is 2.83. The molecule has 1 heterocycles. The number of hydrogen-bond acceptors (Lipinski definition) is 4. The monoisotopic (exact) mass is 260 g/mol. The van der Waals surface area contributed by atoms with Crippen LogP contribution in [0.2, 0.25) is 0 Å². The van der Waals surface area contributed by atoms with Gasteiger partial charge in [0, 0.05) is 38.1 Å². The molecule has 2 aromatic rings. The van der Waals surface area contributed by atoms with Crippen molar-refractivity contribution in [2.45, 2.75) is 19.4 Å².